The molecule has 2 aromatic rings. The number of thiazole rings is 1. The molecule has 2 heterocycles. The summed E-state index contributed by atoms with van der Waals surface area (Å²) in [5, 5.41) is 1.07. The molecule has 0 aromatic carbocycles. The molecule has 0 spiro atoms. The van der Waals surface area contributed by atoms with Crippen molar-refractivity contribution in [1.82, 2.24) is 9.97 Å². The molecule has 2 rings (SSSR count). The first-order valence-corrected chi connectivity index (χ1v) is 5.96. The first kappa shape index (κ1) is 10.6. The molecule has 78 valence electrons. The molecule has 15 heavy (non-hydrogen) atoms. The zero-order chi connectivity index (χ0) is 10.7. The first-order valence-electron chi connectivity index (χ1n) is 4.71. The Balaban J connectivity index is 2.07. The van der Waals surface area contributed by atoms with Crippen LogP contribution in [0, 0.1) is 6.92 Å². The summed E-state index contributed by atoms with van der Waals surface area (Å²) in [6.45, 7) is 1.99. The lowest BCUT2D eigenvalue weighted by molar-refractivity contribution is 0.931. The highest BCUT2D eigenvalue weighted by molar-refractivity contribution is 7.11. The van der Waals surface area contributed by atoms with Crippen LogP contribution >= 0.6 is 22.9 Å². The Morgan fingerprint density at radius 3 is 2.73 bits per heavy atom. The number of rotatable bonds is 3. The highest BCUT2D eigenvalue weighted by Gasteiger charge is 2.11. The van der Waals surface area contributed by atoms with Gasteiger partial charge in [-0.1, -0.05) is 0 Å². The van der Waals surface area contributed by atoms with Crippen LogP contribution in [-0.2, 0) is 6.42 Å². The van der Waals surface area contributed by atoms with Gasteiger partial charge in [-0.3, -0.25) is 4.98 Å². The molecule has 0 radical (unpaired) electrons. The minimum atomic E-state index is 0.0126. The van der Waals surface area contributed by atoms with Crippen molar-refractivity contribution in [3.8, 4) is 0 Å². The van der Waals surface area contributed by atoms with E-state index in [4.69, 9.17) is 11.6 Å². The molecule has 1 unspecified atom stereocenters. The van der Waals surface area contributed by atoms with Crippen molar-refractivity contribution in [2.75, 3.05) is 0 Å². The van der Waals surface area contributed by atoms with Crippen molar-refractivity contribution in [3.63, 3.8) is 0 Å². The third-order valence-electron chi connectivity index (χ3n) is 2.11. The monoisotopic (exact) mass is 238 g/mol. The molecule has 0 aliphatic rings. The summed E-state index contributed by atoms with van der Waals surface area (Å²) in [6.07, 6.45) is 6.26. The van der Waals surface area contributed by atoms with Gasteiger partial charge in [0, 0.05) is 23.5 Å². The molecule has 0 saturated carbocycles. The maximum atomic E-state index is 6.30. The number of alkyl halides is 1. The van der Waals surface area contributed by atoms with Crippen molar-refractivity contribution in [3.05, 3.63) is 46.2 Å². The van der Waals surface area contributed by atoms with E-state index in [0.29, 0.717) is 0 Å². The third kappa shape index (κ3) is 2.76. The van der Waals surface area contributed by atoms with E-state index in [9.17, 15) is 0 Å². The molecule has 4 heteroatoms. The van der Waals surface area contributed by atoms with Gasteiger partial charge in [0.1, 0.15) is 0 Å². The number of aromatic nitrogens is 2. The van der Waals surface area contributed by atoms with Gasteiger partial charge >= 0.3 is 0 Å². The summed E-state index contributed by atoms with van der Waals surface area (Å²) in [5.74, 6) is 0. The highest BCUT2D eigenvalue weighted by atomic mass is 35.5. The fraction of sp³-hybridized carbons (Fsp3) is 0.273. The Labute approximate surface area is 98.0 Å². The van der Waals surface area contributed by atoms with Crippen LogP contribution in [0.3, 0.4) is 0 Å². The predicted molar refractivity (Wildman–Crippen MR) is 63.4 cm³/mol. The van der Waals surface area contributed by atoms with Crippen LogP contribution in [-0.4, -0.2) is 9.97 Å². The molecule has 0 fully saturated rings. The molecular weight excluding hydrogens is 228 g/mol. The summed E-state index contributed by atoms with van der Waals surface area (Å²) in [5.41, 5.74) is 1.20. The largest absolute Gasteiger partial charge is 0.265 e. The molecule has 2 nitrogen and oxygen atoms in total. The standard InChI is InChI=1S/C11H11ClN2S/c1-8-14-7-11(15-8)10(12)6-9-2-4-13-5-3-9/h2-5,7,10H,6H2,1H3. The van der Waals surface area contributed by atoms with Crippen molar-refractivity contribution in [2.24, 2.45) is 0 Å². The second kappa shape index (κ2) is 4.73. The lowest BCUT2D eigenvalue weighted by Gasteiger charge is -2.05. The molecule has 0 bridgehead atoms. The van der Waals surface area contributed by atoms with Crippen LogP contribution in [0.15, 0.2) is 30.7 Å². The van der Waals surface area contributed by atoms with Crippen molar-refractivity contribution < 1.29 is 0 Å². The van der Waals surface area contributed by atoms with Crippen LogP contribution in [0.1, 0.15) is 20.8 Å². The Bertz CT molecular complexity index is 427. The highest BCUT2D eigenvalue weighted by Crippen LogP contribution is 2.28. The number of aryl methyl sites for hydroxylation is 1. The van der Waals surface area contributed by atoms with Crippen LogP contribution in [0.4, 0.5) is 0 Å². The zero-order valence-corrected chi connectivity index (χ0v) is 9.92. The van der Waals surface area contributed by atoms with E-state index in [2.05, 4.69) is 9.97 Å². The lowest BCUT2D eigenvalue weighted by atomic mass is 10.1. The normalized spacial score (nSPS) is 12.7. The molecule has 2 aromatic heterocycles. The van der Waals surface area contributed by atoms with Gasteiger partial charge in [-0.05, 0) is 31.0 Å². The third-order valence-corrected chi connectivity index (χ3v) is 3.66. The Kier molecular flexibility index (Phi) is 3.34. The summed E-state index contributed by atoms with van der Waals surface area (Å²) in [6, 6.07) is 3.98. The summed E-state index contributed by atoms with van der Waals surface area (Å²) in [4.78, 5) is 9.31. The Morgan fingerprint density at radius 1 is 1.40 bits per heavy atom. The van der Waals surface area contributed by atoms with Gasteiger partial charge in [-0.2, -0.15) is 0 Å². The lowest BCUT2D eigenvalue weighted by Crippen LogP contribution is -1.93. The quantitative estimate of drug-likeness (QED) is 0.767. The summed E-state index contributed by atoms with van der Waals surface area (Å²) in [7, 11) is 0. The maximum Gasteiger partial charge on any atom is 0.0897 e. The van der Waals surface area contributed by atoms with E-state index >= 15 is 0 Å². The van der Waals surface area contributed by atoms with Crippen LogP contribution in [0.5, 0.6) is 0 Å². The summed E-state index contributed by atoms with van der Waals surface area (Å²) >= 11 is 7.96. The SMILES string of the molecule is Cc1ncc(C(Cl)Cc2ccncc2)s1. The van der Waals surface area contributed by atoms with Crippen LogP contribution in [0.2, 0.25) is 0 Å². The number of hydrogen-bond acceptors (Lipinski definition) is 3. The molecule has 0 N–H and O–H groups in total. The number of pyridine rings is 1. The molecular formula is C11H11ClN2S. The average Bonchev–Trinajstić information content (AvgIpc) is 2.66. The first-order chi connectivity index (χ1) is 7.25. The van der Waals surface area contributed by atoms with E-state index < -0.39 is 0 Å². The van der Waals surface area contributed by atoms with E-state index in [0.717, 1.165) is 16.3 Å². The molecule has 0 saturated heterocycles. The van der Waals surface area contributed by atoms with Gasteiger partial charge in [0.25, 0.3) is 0 Å². The maximum absolute atomic E-state index is 6.30. The van der Waals surface area contributed by atoms with E-state index in [1.807, 2.05) is 25.3 Å². The zero-order valence-electron chi connectivity index (χ0n) is 8.35. The number of nitrogens with zero attached hydrogens (tertiary/aromatic N) is 2. The Morgan fingerprint density at radius 2 is 2.13 bits per heavy atom. The van der Waals surface area contributed by atoms with Gasteiger partial charge in [0.2, 0.25) is 0 Å². The van der Waals surface area contributed by atoms with E-state index in [-0.39, 0.29) is 5.38 Å². The molecule has 0 aliphatic carbocycles. The van der Waals surface area contributed by atoms with Crippen LogP contribution < -0.4 is 0 Å². The second-order valence-corrected chi connectivity index (χ2v) is 5.10. The number of hydrogen-bond donors (Lipinski definition) is 0. The minimum absolute atomic E-state index is 0.0126. The van der Waals surface area contributed by atoms with E-state index in [1.54, 1.807) is 23.7 Å². The van der Waals surface area contributed by atoms with Crippen molar-refractivity contribution in [1.29, 1.82) is 0 Å². The van der Waals surface area contributed by atoms with Gasteiger partial charge in [-0.25, -0.2) is 4.98 Å². The van der Waals surface area contributed by atoms with Gasteiger partial charge in [0.05, 0.1) is 10.4 Å². The van der Waals surface area contributed by atoms with Crippen molar-refractivity contribution in [2.45, 2.75) is 18.7 Å². The fourth-order valence-corrected chi connectivity index (χ4v) is 2.48. The summed E-state index contributed by atoms with van der Waals surface area (Å²) < 4.78 is 0. The molecule has 1 atom stereocenters. The minimum Gasteiger partial charge on any atom is -0.265 e. The van der Waals surface area contributed by atoms with E-state index in [1.165, 1.54) is 5.56 Å². The molecule has 0 aliphatic heterocycles. The van der Waals surface area contributed by atoms with Crippen LogP contribution in [0.25, 0.3) is 0 Å². The molecule has 0 amide bonds. The average molecular weight is 239 g/mol. The topological polar surface area (TPSA) is 25.8 Å². The fourth-order valence-electron chi connectivity index (χ4n) is 1.35. The van der Waals surface area contributed by atoms with Gasteiger partial charge < -0.3 is 0 Å². The predicted octanol–water partition coefficient (Wildman–Crippen LogP) is 3.37. The van der Waals surface area contributed by atoms with Gasteiger partial charge in [-0.15, -0.1) is 22.9 Å². The van der Waals surface area contributed by atoms with Crippen molar-refractivity contribution >= 4 is 22.9 Å². The Hall–Kier alpha value is -0.930. The van der Waals surface area contributed by atoms with Gasteiger partial charge in [0.15, 0.2) is 0 Å². The number of halogens is 1. The second-order valence-electron chi connectivity index (χ2n) is 3.31. The smallest absolute Gasteiger partial charge is 0.0897 e.